The minimum Gasteiger partial charge on any atom is -0.384 e. The number of benzene rings is 2. The minimum absolute atomic E-state index is 0.0169. The van der Waals surface area contributed by atoms with Crippen molar-refractivity contribution >= 4 is 49.7 Å². The normalized spacial score (nSPS) is 17.7. The van der Waals surface area contributed by atoms with Gasteiger partial charge in [0.05, 0.1) is 28.1 Å². The largest absolute Gasteiger partial charge is 0.455 e. The predicted octanol–water partition coefficient (Wildman–Crippen LogP) is 5.71. The number of Topliss-reactive ketones (excluding diaryl/α,β-unsaturated/α-hetero) is 1. The molecule has 0 aliphatic carbocycles. The number of nitrogens with zero attached hydrogens (tertiary/aromatic N) is 2. The third-order valence-electron chi connectivity index (χ3n) is 6.73. The van der Waals surface area contributed by atoms with Crippen LogP contribution in [-0.4, -0.2) is 72.0 Å². The maximum absolute atomic E-state index is 13.3. The van der Waals surface area contributed by atoms with Gasteiger partial charge in [0, 0.05) is 35.3 Å². The van der Waals surface area contributed by atoms with Crippen LogP contribution in [0.5, 0.6) is 0 Å². The smallest absolute Gasteiger partial charge is 0.384 e. The number of aromatic nitrogens is 1. The van der Waals surface area contributed by atoms with Crippen molar-refractivity contribution in [1.82, 2.24) is 9.88 Å². The third kappa shape index (κ3) is 7.50. The van der Waals surface area contributed by atoms with Crippen molar-refractivity contribution < 1.29 is 49.5 Å². The van der Waals surface area contributed by atoms with Gasteiger partial charge < -0.3 is 15.3 Å². The number of alkyl halides is 6. The molecule has 1 amide bonds. The molecule has 3 aromatic rings. The van der Waals surface area contributed by atoms with Crippen molar-refractivity contribution in [2.24, 2.45) is 0 Å². The first-order valence-corrected chi connectivity index (χ1v) is 15.0. The summed E-state index contributed by atoms with van der Waals surface area (Å²) in [6, 6.07) is 11.0. The first kappa shape index (κ1) is 33.2. The number of aliphatic hydroxyl groups is 1. The number of fused-ring (bicyclic) bond motifs is 1. The Balaban J connectivity index is 1.52. The summed E-state index contributed by atoms with van der Waals surface area (Å²) in [7, 11) is -4.27. The van der Waals surface area contributed by atoms with Crippen LogP contribution in [0.25, 0.3) is 10.9 Å². The summed E-state index contributed by atoms with van der Waals surface area (Å²) in [6.07, 6.45) is -10.3. The lowest BCUT2D eigenvalue weighted by atomic mass is 10.1. The molecule has 0 bridgehead atoms. The van der Waals surface area contributed by atoms with Crippen LogP contribution in [0.1, 0.15) is 29.6 Å². The Kier molecular flexibility index (Phi) is 9.33. The second-order valence-corrected chi connectivity index (χ2v) is 12.5. The van der Waals surface area contributed by atoms with E-state index in [9.17, 15) is 49.5 Å². The molecule has 0 saturated carbocycles. The fourth-order valence-electron chi connectivity index (χ4n) is 4.81. The molecule has 2 aromatic carbocycles. The Morgan fingerprint density at radius 1 is 1.05 bits per heavy atom. The van der Waals surface area contributed by atoms with Gasteiger partial charge in [0.25, 0.3) is 11.7 Å². The fourth-order valence-corrected chi connectivity index (χ4v) is 6.51. The maximum atomic E-state index is 13.3. The molecular weight excluding hydrogens is 640 g/mol. The molecule has 4 rings (SSSR count). The highest BCUT2D eigenvalue weighted by molar-refractivity contribution is 7.91. The van der Waals surface area contributed by atoms with Crippen molar-refractivity contribution in [2.45, 2.75) is 42.2 Å². The second kappa shape index (κ2) is 12.4. The van der Waals surface area contributed by atoms with Gasteiger partial charge in [-0.2, -0.15) is 26.3 Å². The van der Waals surface area contributed by atoms with Gasteiger partial charge in [0.15, 0.2) is 15.6 Å². The lowest BCUT2D eigenvalue weighted by Gasteiger charge is -2.33. The highest BCUT2D eigenvalue weighted by Gasteiger charge is 2.49. The Morgan fingerprint density at radius 3 is 2.36 bits per heavy atom. The van der Waals surface area contributed by atoms with Gasteiger partial charge in [-0.15, -0.1) is 0 Å². The quantitative estimate of drug-likeness (QED) is 0.153. The van der Waals surface area contributed by atoms with Crippen molar-refractivity contribution in [3.63, 3.8) is 0 Å². The number of hydrogen-bond donors (Lipinski definition) is 2. The molecule has 16 heteroatoms. The van der Waals surface area contributed by atoms with Crippen LogP contribution in [0, 0.1) is 0 Å². The van der Waals surface area contributed by atoms with E-state index in [4.69, 9.17) is 11.6 Å². The number of anilines is 1. The standard InChI is InChI=1S/C28H24ClF6N3O5S/c29-18-8-9-20-22(12-18)37-15-21(24(39)28(33,34)35)23(20)36-10-4-5-11-38-25(40)17(14-27(30,31)32)13-26(38,41)16-44(42,43)19-6-2-1-3-7-19/h1-3,6-9,12-13,15,41H,4-5,10-11,14,16H2,(H,36,37). The van der Waals surface area contributed by atoms with E-state index < -0.39 is 62.9 Å². The van der Waals surface area contributed by atoms with Crippen LogP contribution in [0.15, 0.2) is 71.3 Å². The second-order valence-electron chi connectivity index (χ2n) is 10.0. The molecule has 8 nitrogen and oxygen atoms in total. The highest BCUT2D eigenvalue weighted by Crippen LogP contribution is 2.36. The Labute approximate surface area is 252 Å². The molecular formula is C28H24ClF6N3O5S. The summed E-state index contributed by atoms with van der Waals surface area (Å²) < 4.78 is 105. The number of carbonyl (C=O) groups is 2. The molecule has 1 aliphatic heterocycles. The monoisotopic (exact) mass is 663 g/mol. The number of nitrogens with one attached hydrogen (secondary N) is 1. The zero-order valence-electron chi connectivity index (χ0n) is 22.5. The highest BCUT2D eigenvalue weighted by atomic mass is 35.5. The van der Waals surface area contributed by atoms with Gasteiger partial charge >= 0.3 is 12.4 Å². The summed E-state index contributed by atoms with van der Waals surface area (Å²) in [5, 5.41) is 14.4. The Hall–Kier alpha value is -3.69. The van der Waals surface area contributed by atoms with Gasteiger partial charge in [-0.1, -0.05) is 29.8 Å². The molecule has 44 heavy (non-hydrogen) atoms. The zero-order valence-corrected chi connectivity index (χ0v) is 24.1. The van der Waals surface area contributed by atoms with E-state index in [-0.39, 0.29) is 52.4 Å². The summed E-state index contributed by atoms with van der Waals surface area (Å²) in [5.41, 5.74) is -4.13. The predicted molar refractivity (Wildman–Crippen MR) is 149 cm³/mol. The first-order valence-electron chi connectivity index (χ1n) is 13.0. The first-order chi connectivity index (χ1) is 20.4. The average Bonchev–Trinajstić information content (AvgIpc) is 3.14. The van der Waals surface area contributed by atoms with Gasteiger partial charge in [0.1, 0.15) is 5.75 Å². The van der Waals surface area contributed by atoms with Crippen molar-refractivity contribution in [3.8, 4) is 0 Å². The van der Waals surface area contributed by atoms with Gasteiger partial charge in [-0.3, -0.25) is 14.6 Å². The van der Waals surface area contributed by atoms with Crippen LogP contribution < -0.4 is 5.32 Å². The molecule has 2 heterocycles. The lowest BCUT2D eigenvalue weighted by Crippen LogP contribution is -2.51. The molecule has 1 aliphatic rings. The number of hydrogen-bond acceptors (Lipinski definition) is 7. The number of unbranched alkanes of at least 4 members (excludes halogenated alkanes) is 1. The van der Waals surface area contributed by atoms with Crippen LogP contribution in [0.4, 0.5) is 32.0 Å². The van der Waals surface area contributed by atoms with Crippen LogP contribution in [-0.2, 0) is 14.6 Å². The SMILES string of the molecule is O=C1C(CC(F)(F)F)=CC(O)(CS(=O)(=O)c2ccccc2)N1CCCCNc1c(C(=O)C(F)(F)F)cnc2cc(Cl)ccc12. The number of pyridine rings is 1. The van der Waals surface area contributed by atoms with E-state index in [1.807, 2.05) is 0 Å². The summed E-state index contributed by atoms with van der Waals surface area (Å²) in [4.78, 5) is 29.3. The fraction of sp³-hybridized carbons (Fsp3) is 0.321. The van der Waals surface area contributed by atoms with E-state index >= 15 is 0 Å². The number of amides is 1. The maximum Gasteiger partial charge on any atom is 0.455 e. The summed E-state index contributed by atoms with van der Waals surface area (Å²) >= 11 is 5.94. The zero-order chi connectivity index (χ0) is 32.5. The van der Waals surface area contributed by atoms with E-state index in [1.165, 1.54) is 42.5 Å². The molecule has 1 unspecified atom stereocenters. The average molecular weight is 664 g/mol. The van der Waals surface area contributed by atoms with E-state index in [0.717, 1.165) is 6.20 Å². The van der Waals surface area contributed by atoms with E-state index in [0.29, 0.717) is 11.0 Å². The number of sulfone groups is 1. The molecule has 236 valence electrons. The third-order valence-corrected chi connectivity index (χ3v) is 8.76. The summed E-state index contributed by atoms with van der Waals surface area (Å²) in [5.74, 6) is -4.44. The molecule has 1 aromatic heterocycles. The molecule has 1 atom stereocenters. The van der Waals surface area contributed by atoms with E-state index in [1.54, 1.807) is 6.07 Å². The van der Waals surface area contributed by atoms with Gasteiger partial charge in [-0.05, 0) is 49.2 Å². The summed E-state index contributed by atoms with van der Waals surface area (Å²) in [6.45, 7) is -0.467. The number of carbonyl (C=O) groups excluding carboxylic acids is 2. The van der Waals surface area contributed by atoms with Gasteiger partial charge in [0.2, 0.25) is 0 Å². The van der Waals surface area contributed by atoms with Crippen LogP contribution >= 0.6 is 11.6 Å². The minimum atomic E-state index is -5.19. The molecule has 0 fully saturated rings. The van der Waals surface area contributed by atoms with E-state index in [2.05, 4.69) is 10.3 Å². The molecule has 2 N–H and O–H groups in total. The number of halogens is 7. The van der Waals surface area contributed by atoms with Gasteiger partial charge in [-0.25, -0.2) is 8.42 Å². The molecule has 0 radical (unpaired) electrons. The van der Waals surface area contributed by atoms with Crippen LogP contribution in [0.2, 0.25) is 5.02 Å². The topological polar surface area (TPSA) is 117 Å². The molecule has 0 spiro atoms. The Morgan fingerprint density at radius 2 is 1.73 bits per heavy atom. The van der Waals surface area contributed by atoms with Crippen molar-refractivity contribution in [2.75, 3.05) is 24.2 Å². The molecule has 0 saturated heterocycles. The van der Waals surface area contributed by atoms with Crippen molar-refractivity contribution in [3.05, 3.63) is 77.0 Å². The van der Waals surface area contributed by atoms with Crippen molar-refractivity contribution in [1.29, 1.82) is 0 Å². The van der Waals surface area contributed by atoms with Crippen LogP contribution in [0.3, 0.4) is 0 Å². The lowest BCUT2D eigenvalue weighted by molar-refractivity contribution is -0.145. The number of ketones is 1. The number of rotatable bonds is 11. The Bertz CT molecular complexity index is 1710.